The van der Waals surface area contributed by atoms with Crippen LogP contribution in [0.2, 0.25) is 0 Å². The van der Waals surface area contributed by atoms with Crippen LogP contribution in [0.15, 0.2) is 0 Å². The molecule has 0 aromatic carbocycles. The van der Waals surface area contributed by atoms with E-state index in [0.29, 0.717) is 19.1 Å². The van der Waals surface area contributed by atoms with E-state index >= 15 is 0 Å². The van der Waals surface area contributed by atoms with E-state index in [2.05, 4.69) is 0 Å². The maximum absolute atomic E-state index is 10.2. The lowest BCUT2D eigenvalue weighted by Crippen LogP contribution is -2.50. The maximum atomic E-state index is 10.2. The van der Waals surface area contributed by atoms with Crippen LogP contribution in [-0.2, 0) is 9.59 Å². The molecule has 0 heterocycles. The first-order chi connectivity index (χ1) is 5.62. The Morgan fingerprint density at radius 3 is 2.25 bits per heavy atom. The number of rotatable bonds is 7. The van der Waals surface area contributed by atoms with Crippen molar-refractivity contribution in [2.24, 2.45) is 11.5 Å². The second kappa shape index (κ2) is 5.85. The lowest BCUT2D eigenvalue weighted by Gasteiger charge is -2.15. The van der Waals surface area contributed by atoms with Gasteiger partial charge in [0.25, 0.3) is 0 Å². The Morgan fingerprint density at radius 2 is 1.75 bits per heavy atom. The Balaban J connectivity index is 3.30. The zero-order chi connectivity index (χ0) is 9.45. The molecule has 0 aliphatic heterocycles. The highest BCUT2D eigenvalue weighted by molar-refractivity contribution is 5.62. The largest absolute Gasteiger partial charge is 0.307 e. The van der Waals surface area contributed by atoms with Crippen molar-refractivity contribution >= 4 is 12.6 Å². The zero-order valence-corrected chi connectivity index (χ0v) is 7.16. The van der Waals surface area contributed by atoms with Gasteiger partial charge in [-0.25, -0.2) is 0 Å². The second-order valence-corrected chi connectivity index (χ2v) is 3.00. The Morgan fingerprint density at radius 1 is 1.08 bits per heavy atom. The molecule has 0 atom stereocenters. The van der Waals surface area contributed by atoms with Crippen LogP contribution in [0, 0.1) is 0 Å². The molecule has 0 unspecified atom stereocenters. The third-order valence-corrected chi connectivity index (χ3v) is 1.65. The van der Waals surface area contributed by atoms with E-state index in [4.69, 9.17) is 11.5 Å². The van der Waals surface area contributed by atoms with E-state index in [1.54, 1.807) is 0 Å². The summed E-state index contributed by atoms with van der Waals surface area (Å²) in [6.07, 6.45) is 5.03. The number of carbonyl (C=O) groups excluding carboxylic acids is 2. The van der Waals surface area contributed by atoms with Crippen LogP contribution in [-0.4, -0.2) is 18.2 Å². The third kappa shape index (κ3) is 6.00. The zero-order valence-electron chi connectivity index (χ0n) is 7.16. The van der Waals surface area contributed by atoms with Crippen molar-refractivity contribution in [2.45, 2.75) is 37.8 Å². The fourth-order valence-corrected chi connectivity index (χ4v) is 0.895. The van der Waals surface area contributed by atoms with Gasteiger partial charge in [0.05, 0.1) is 0 Å². The van der Waals surface area contributed by atoms with Crippen molar-refractivity contribution < 1.29 is 9.59 Å². The van der Waals surface area contributed by atoms with Gasteiger partial charge in [0.15, 0.2) is 6.29 Å². The first-order valence-electron chi connectivity index (χ1n) is 4.10. The second-order valence-electron chi connectivity index (χ2n) is 3.00. The van der Waals surface area contributed by atoms with E-state index < -0.39 is 5.66 Å². The molecular weight excluding hydrogens is 156 g/mol. The summed E-state index contributed by atoms with van der Waals surface area (Å²) in [5.74, 6) is 0. The molecule has 0 bridgehead atoms. The Hall–Kier alpha value is -0.740. The first kappa shape index (κ1) is 11.3. The number of hydrogen-bond acceptors (Lipinski definition) is 4. The fraction of sp³-hybridized carbons (Fsp3) is 0.750. The van der Waals surface area contributed by atoms with Crippen LogP contribution in [0.1, 0.15) is 32.1 Å². The summed E-state index contributed by atoms with van der Waals surface area (Å²) in [4.78, 5) is 20.2. The minimum absolute atomic E-state index is 0.482. The standard InChI is InChI=1S/C8H16N2O2/c9-8(10,7-12)5-3-1-2-4-6-11/h6-7H,1-5,9-10H2. The van der Waals surface area contributed by atoms with Gasteiger partial charge in [-0.15, -0.1) is 0 Å². The Kier molecular flexibility index (Phi) is 5.49. The first-order valence-corrected chi connectivity index (χ1v) is 4.10. The molecule has 70 valence electrons. The summed E-state index contributed by atoms with van der Waals surface area (Å²) >= 11 is 0. The molecule has 0 aromatic rings. The van der Waals surface area contributed by atoms with Crippen molar-refractivity contribution in [1.29, 1.82) is 0 Å². The minimum Gasteiger partial charge on any atom is -0.307 e. The SMILES string of the molecule is NC(N)(C=O)CCCCCC=O. The number of unbranched alkanes of at least 4 members (excludes halogenated alkanes) is 3. The summed E-state index contributed by atoms with van der Waals surface area (Å²) in [6, 6.07) is 0. The lowest BCUT2D eigenvalue weighted by molar-refractivity contribution is -0.112. The molecule has 0 fully saturated rings. The van der Waals surface area contributed by atoms with Gasteiger partial charge in [0.1, 0.15) is 11.9 Å². The van der Waals surface area contributed by atoms with Gasteiger partial charge in [0, 0.05) is 6.42 Å². The van der Waals surface area contributed by atoms with Gasteiger partial charge in [-0.3, -0.25) is 4.79 Å². The molecule has 4 N–H and O–H groups in total. The van der Waals surface area contributed by atoms with Crippen LogP contribution in [0.4, 0.5) is 0 Å². The average Bonchev–Trinajstić information content (AvgIpc) is 2.04. The van der Waals surface area contributed by atoms with Crippen LogP contribution >= 0.6 is 0 Å². The summed E-state index contributed by atoms with van der Waals surface area (Å²) in [5, 5.41) is 0. The van der Waals surface area contributed by atoms with Crippen LogP contribution in [0.5, 0.6) is 0 Å². The van der Waals surface area contributed by atoms with Crippen LogP contribution < -0.4 is 11.5 Å². The lowest BCUT2D eigenvalue weighted by atomic mass is 10.0. The number of aldehydes is 2. The summed E-state index contributed by atoms with van der Waals surface area (Å²) in [7, 11) is 0. The molecule has 0 rings (SSSR count). The molecule has 0 spiro atoms. The van der Waals surface area contributed by atoms with Gasteiger partial charge >= 0.3 is 0 Å². The van der Waals surface area contributed by atoms with Gasteiger partial charge < -0.3 is 16.3 Å². The Bertz CT molecular complexity index is 146. The molecule has 0 aliphatic carbocycles. The maximum Gasteiger partial charge on any atom is 0.154 e. The average molecular weight is 172 g/mol. The smallest absolute Gasteiger partial charge is 0.154 e. The van der Waals surface area contributed by atoms with Gasteiger partial charge in [-0.1, -0.05) is 6.42 Å². The third-order valence-electron chi connectivity index (χ3n) is 1.65. The van der Waals surface area contributed by atoms with Crippen molar-refractivity contribution in [3.8, 4) is 0 Å². The molecule has 0 aliphatic rings. The quantitative estimate of drug-likeness (QED) is 0.320. The fourth-order valence-electron chi connectivity index (χ4n) is 0.895. The number of carbonyl (C=O) groups is 2. The van der Waals surface area contributed by atoms with Crippen LogP contribution in [0.3, 0.4) is 0 Å². The summed E-state index contributed by atoms with van der Waals surface area (Å²) < 4.78 is 0. The van der Waals surface area contributed by atoms with Gasteiger partial charge in [-0.05, 0) is 19.3 Å². The minimum atomic E-state index is -1.18. The summed E-state index contributed by atoms with van der Waals surface area (Å²) in [5.41, 5.74) is 9.56. The van der Waals surface area contributed by atoms with E-state index in [9.17, 15) is 9.59 Å². The summed E-state index contributed by atoms with van der Waals surface area (Å²) in [6.45, 7) is 0. The van der Waals surface area contributed by atoms with E-state index in [-0.39, 0.29) is 0 Å². The van der Waals surface area contributed by atoms with E-state index in [0.717, 1.165) is 25.5 Å². The molecule has 12 heavy (non-hydrogen) atoms. The number of hydrogen-bond donors (Lipinski definition) is 2. The molecule has 0 saturated heterocycles. The molecule has 0 saturated carbocycles. The van der Waals surface area contributed by atoms with E-state index in [1.807, 2.05) is 0 Å². The highest BCUT2D eigenvalue weighted by atomic mass is 16.1. The molecule has 4 heteroatoms. The predicted molar refractivity (Wildman–Crippen MR) is 46.3 cm³/mol. The predicted octanol–water partition coefficient (Wildman–Crippen LogP) is -0.0516. The molecule has 4 nitrogen and oxygen atoms in total. The van der Waals surface area contributed by atoms with Crippen molar-refractivity contribution in [3.05, 3.63) is 0 Å². The topological polar surface area (TPSA) is 86.2 Å². The van der Waals surface area contributed by atoms with Crippen LogP contribution in [0.25, 0.3) is 0 Å². The molecule has 0 aromatic heterocycles. The van der Waals surface area contributed by atoms with Gasteiger partial charge in [-0.2, -0.15) is 0 Å². The Labute approximate surface area is 72.3 Å². The van der Waals surface area contributed by atoms with Crippen molar-refractivity contribution in [2.75, 3.05) is 0 Å². The molecular formula is C8H16N2O2. The monoisotopic (exact) mass is 172 g/mol. The van der Waals surface area contributed by atoms with Gasteiger partial charge in [0.2, 0.25) is 0 Å². The molecule has 0 radical (unpaired) electrons. The number of nitrogens with two attached hydrogens (primary N) is 2. The normalized spacial score (nSPS) is 11.2. The highest BCUT2D eigenvalue weighted by Crippen LogP contribution is 2.06. The molecule has 0 amide bonds. The van der Waals surface area contributed by atoms with Crippen molar-refractivity contribution in [3.63, 3.8) is 0 Å². The highest BCUT2D eigenvalue weighted by Gasteiger charge is 2.15. The van der Waals surface area contributed by atoms with E-state index in [1.165, 1.54) is 0 Å². The van der Waals surface area contributed by atoms with Crippen molar-refractivity contribution in [1.82, 2.24) is 0 Å².